The van der Waals surface area contributed by atoms with Crippen molar-refractivity contribution >= 4 is 5.82 Å². The molecule has 13 heavy (non-hydrogen) atoms. The number of aromatic nitrogens is 1. The third-order valence-corrected chi connectivity index (χ3v) is 2.53. The van der Waals surface area contributed by atoms with Gasteiger partial charge in [-0.25, -0.2) is 4.98 Å². The van der Waals surface area contributed by atoms with E-state index in [1.807, 2.05) is 13.0 Å². The largest absolute Gasteiger partial charge is 0.384 e. The molecule has 3 heteroatoms. The first kappa shape index (κ1) is 8.51. The number of nitrogen functional groups attached to an aromatic ring is 1. The molecule has 2 heterocycles. The molecule has 0 amide bonds. The Hall–Kier alpha value is -1.09. The lowest BCUT2D eigenvalue weighted by Crippen LogP contribution is -2.08. The van der Waals surface area contributed by atoms with Gasteiger partial charge in [0.05, 0.1) is 0 Å². The van der Waals surface area contributed by atoms with E-state index in [1.54, 1.807) is 0 Å². The Morgan fingerprint density at radius 1 is 1.54 bits per heavy atom. The number of aryl methyl sites for hydroxylation is 1. The van der Waals surface area contributed by atoms with Gasteiger partial charge < -0.3 is 11.1 Å². The van der Waals surface area contributed by atoms with Crippen LogP contribution in [0.15, 0.2) is 12.1 Å². The minimum absolute atomic E-state index is 0.629. The molecule has 1 aliphatic rings. The van der Waals surface area contributed by atoms with Gasteiger partial charge in [-0.1, -0.05) is 0 Å². The molecule has 0 radical (unpaired) electrons. The monoisotopic (exact) mass is 177 g/mol. The highest BCUT2D eigenvalue weighted by Crippen LogP contribution is 2.23. The highest BCUT2D eigenvalue weighted by Gasteiger charge is 2.16. The van der Waals surface area contributed by atoms with Gasteiger partial charge in [0, 0.05) is 12.2 Å². The first-order chi connectivity index (χ1) is 6.25. The molecule has 1 aliphatic heterocycles. The van der Waals surface area contributed by atoms with Gasteiger partial charge in [0.15, 0.2) is 0 Å². The van der Waals surface area contributed by atoms with Gasteiger partial charge in [-0.05, 0) is 43.5 Å². The zero-order chi connectivity index (χ0) is 9.26. The summed E-state index contributed by atoms with van der Waals surface area (Å²) in [5.41, 5.74) is 8.04. The topological polar surface area (TPSA) is 50.9 Å². The van der Waals surface area contributed by atoms with Gasteiger partial charge in [0.2, 0.25) is 0 Å². The SMILES string of the molecule is Cc1cc(C2CCNC2)cc(N)n1. The second kappa shape index (κ2) is 3.34. The van der Waals surface area contributed by atoms with Crippen LogP contribution in [0.2, 0.25) is 0 Å². The van der Waals surface area contributed by atoms with Crippen LogP contribution in [0.4, 0.5) is 5.82 Å². The number of rotatable bonds is 1. The van der Waals surface area contributed by atoms with Gasteiger partial charge in [-0.3, -0.25) is 0 Å². The van der Waals surface area contributed by atoms with Crippen molar-refractivity contribution in [3.8, 4) is 0 Å². The summed E-state index contributed by atoms with van der Waals surface area (Å²) in [7, 11) is 0. The lowest BCUT2D eigenvalue weighted by atomic mass is 9.99. The molecule has 0 saturated carbocycles. The minimum Gasteiger partial charge on any atom is -0.384 e. The van der Waals surface area contributed by atoms with E-state index >= 15 is 0 Å². The second-order valence-electron chi connectivity index (χ2n) is 3.66. The molecule has 70 valence electrons. The lowest BCUT2D eigenvalue weighted by Gasteiger charge is -2.09. The van der Waals surface area contributed by atoms with Crippen LogP contribution in [0.3, 0.4) is 0 Å². The second-order valence-corrected chi connectivity index (χ2v) is 3.66. The highest BCUT2D eigenvalue weighted by molar-refractivity contribution is 5.36. The number of nitrogens with one attached hydrogen (secondary N) is 1. The maximum absolute atomic E-state index is 5.70. The zero-order valence-corrected chi connectivity index (χ0v) is 7.88. The molecular formula is C10H15N3. The number of hydrogen-bond acceptors (Lipinski definition) is 3. The van der Waals surface area contributed by atoms with E-state index in [0.29, 0.717) is 11.7 Å². The van der Waals surface area contributed by atoms with Gasteiger partial charge >= 0.3 is 0 Å². The van der Waals surface area contributed by atoms with Crippen molar-refractivity contribution in [2.45, 2.75) is 19.3 Å². The van der Waals surface area contributed by atoms with Crippen molar-refractivity contribution < 1.29 is 0 Å². The molecule has 0 aromatic carbocycles. The predicted octanol–water partition coefficient (Wildman–Crippen LogP) is 1.05. The molecule has 1 aromatic rings. The third kappa shape index (κ3) is 1.80. The van der Waals surface area contributed by atoms with Crippen LogP contribution >= 0.6 is 0 Å². The summed E-state index contributed by atoms with van der Waals surface area (Å²) < 4.78 is 0. The maximum atomic E-state index is 5.70. The summed E-state index contributed by atoms with van der Waals surface area (Å²) in [4.78, 5) is 4.16. The average Bonchev–Trinajstić information content (AvgIpc) is 2.53. The minimum atomic E-state index is 0.629. The van der Waals surface area contributed by atoms with E-state index in [-0.39, 0.29) is 0 Å². The Morgan fingerprint density at radius 2 is 2.38 bits per heavy atom. The van der Waals surface area contributed by atoms with Crippen LogP contribution in [-0.2, 0) is 0 Å². The van der Waals surface area contributed by atoms with Gasteiger partial charge in [-0.2, -0.15) is 0 Å². The molecule has 1 fully saturated rings. The number of anilines is 1. The van der Waals surface area contributed by atoms with E-state index in [9.17, 15) is 0 Å². The molecule has 1 atom stereocenters. The standard InChI is InChI=1S/C10H15N3/c1-7-4-9(5-10(11)13-7)8-2-3-12-6-8/h4-5,8,12H,2-3,6H2,1H3,(H2,11,13). The number of hydrogen-bond donors (Lipinski definition) is 2. The fourth-order valence-electron chi connectivity index (χ4n) is 1.90. The summed E-state index contributed by atoms with van der Waals surface area (Å²) in [6, 6.07) is 4.12. The molecular weight excluding hydrogens is 162 g/mol. The highest BCUT2D eigenvalue weighted by atomic mass is 14.9. The van der Waals surface area contributed by atoms with Crippen LogP contribution in [-0.4, -0.2) is 18.1 Å². The summed E-state index contributed by atoms with van der Waals surface area (Å²) >= 11 is 0. The normalized spacial score (nSPS) is 22.1. The Bertz CT molecular complexity index is 283. The summed E-state index contributed by atoms with van der Waals surface area (Å²) in [5.74, 6) is 1.27. The van der Waals surface area contributed by atoms with Gasteiger partial charge in [0.1, 0.15) is 5.82 Å². The third-order valence-electron chi connectivity index (χ3n) is 2.53. The zero-order valence-electron chi connectivity index (χ0n) is 7.88. The van der Waals surface area contributed by atoms with E-state index in [0.717, 1.165) is 18.8 Å². The average molecular weight is 177 g/mol. The summed E-state index contributed by atoms with van der Waals surface area (Å²) in [5, 5.41) is 3.35. The van der Waals surface area contributed by atoms with Crippen LogP contribution in [0.5, 0.6) is 0 Å². The van der Waals surface area contributed by atoms with Crippen LogP contribution in [0.1, 0.15) is 23.6 Å². The molecule has 1 aromatic heterocycles. The molecule has 3 nitrogen and oxygen atoms in total. The number of pyridine rings is 1. The Kier molecular flexibility index (Phi) is 2.19. The van der Waals surface area contributed by atoms with Crippen molar-refractivity contribution in [2.24, 2.45) is 0 Å². The molecule has 3 N–H and O–H groups in total. The van der Waals surface area contributed by atoms with E-state index in [4.69, 9.17) is 5.73 Å². The fraction of sp³-hybridized carbons (Fsp3) is 0.500. The molecule has 2 rings (SSSR count). The first-order valence-electron chi connectivity index (χ1n) is 4.70. The van der Waals surface area contributed by atoms with Crippen LogP contribution < -0.4 is 11.1 Å². The maximum Gasteiger partial charge on any atom is 0.123 e. The van der Waals surface area contributed by atoms with Crippen LogP contribution in [0.25, 0.3) is 0 Å². The van der Waals surface area contributed by atoms with E-state index < -0.39 is 0 Å². The quantitative estimate of drug-likeness (QED) is 0.674. The Balaban J connectivity index is 2.28. The smallest absolute Gasteiger partial charge is 0.123 e. The van der Waals surface area contributed by atoms with Crippen molar-refractivity contribution in [1.29, 1.82) is 0 Å². The van der Waals surface area contributed by atoms with E-state index in [1.165, 1.54) is 12.0 Å². The van der Waals surface area contributed by atoms with Crippen LogP contribution in [0, 0.1) is 6.92 Å². The molecule has 0 aliphatic carbocycles. The summed E-state index contributed by atoms with van der Waals surface area (Å²) in [6.45, 7) is 4.18. The lowest BCUT2D eigenvalue weighted by molar-refractivity contribution is 0.761. The van der Waals surface area contributed by atoms with Gasteiger partial charge in [-0.15, -0.1) is 0 Å². The molecule has 0 bridgehead atoms. The molecule has 1 unspecified atom stereocenters. The molecule has 1 saturated heterocycles. The Morgan fingerprint density at radius 3 is 3.00 bits per heavy atom. The summed E-state index contributed by atoms with van der Waals surface area (Å²) in [6.07, 6.45) is 1.21. The number of nitrogens with zero attached hydrogens (tertiary/aromatic N) is 1. The fourth-order valence-corrected chi connectivity index (χ4v) is 1.90. The Labute approximate surface area is 78.4 Å². The predicted molar refractivity (Wildman–Crippen MR) is 53.6 cm³/mol. The number of nitrogens with two attached hydrogens (primary N) is 1. The van der Waals surface area contributed by atoms with Crippen molar-refractivity contribution in [3.63, 3.8) is 0 Å². The first-order valence-corrected chi connectivity index (χ1v) is 4.70. The van der Waals surface area contributed by atoms with Crippen molar-refractivity contribution in [1.82, 2.24) is 10.3 Å². The molecule has 0 spiro atoms. The van der Waals surface area contributed by atoms with Crippen molar-refractivity contribution in [2.75, 3.05) is 18.8 Å². The van der Waals surface area contributed by atoms with Crippen molar-refractivity contribution in [3.05, 3.63) is 23.4 Å². The van der Waals surface area contributed by atoms with E-state index in [2.05, 4.69) is 16.4 Å². The van der Waals surface area contributed by atoms with Gasteiger partial charge in [0.25, 0.3) is 0 Å².